The molecule has 0 unspecified atom stereocenters. The summed E-state index contributed by atoms with van der Waals surface area (Å²) in [7, 11) is 0. The molecule has 1 aliphatic heterocycles. The first-order valence-electron chi connectivity index (χ1n) is 10.1. The van der Waals surface area contributed by atoms with Crippen molar-refractivity contribution in [1.82, 2.24) is 25.2 Å². The van der Waals surface area contributed by atoms with Gasteiger partial charge in [-0.1, -0.05) is 29.8 Å². The molecule has 7 nitrogen and oxygen atoms in total. The maximum atomic E-state index is 12.9. The van der Waals surface area contributed by atoms with Gasteiger partial charge in [0.15, 0.2) is 0 Å². The molecule has 0 radical (unpaired) electrons. The second kappa shape index (κ2) is 7.73. The average Bonchev–Trinajstić information content (AvgIpc) is 3.07. The second-order valence-corrected chi connectivity index (χ2v) is 7.99. The Morgan fingerprint density at radius 2 is 2.07 bits per heavy atom. The standard InChI is InChI=1S/C22H28N6O/c1-14-6-5-7-18(10-14)17(4)26-22(29)28-9-8-27(12-16(28)3)21-19-11-15(2)25-20(19)23-13-24-21/h5-7,10-11,13,16-17H,8-9,12H2,1-4H3,(H,26,29)(H,23,24,25)/t16-,17+/m1/s1. The molecule has 0 saturated carbocycles. The Morgan fingerprint density at radius 1 is 1.24 bits per heavy atom. The molecular weight excluding hydrogens is 364 g/mol. The quantitative estimate of drug-likeness (QED) is 0.715. The molecule has 2 N–H and O–H groups in total. The summed E-state index contributed by atoms with van der Waals surface area (Å²) >= 11 is 0. The molecule has 1 aliphatic rings. The number of nitrogens with zero attached hydrogens (tertiary/aromatic N) is 4. The van der Waals surface area contributed by atoms with E-state index < -0.39 is 0 Å². The van der Waals surface area contributed by atoms with Crippen LogP contribution in [0.1, 0.15) is 36.7 Å². The molecule has 29 heavy (non-hydrogen) atoms. The minimum absolute atomic E-state index is 0.0171. The molecule has 7 heteroatoms. The number of amides is 2. The smallest absolute Gasteiger partial charge is 0.318 e. The van der Waals surface area contributed by atoms with Gasteiger partial charge in [-0.15, -0.1) is 0 Å². The van der Waals surface area contributed by atoms with E-state index in [-0.39, 0.29) is 18.1 Å². The Morgan fingerprint density at radius 3 is 2.83 bits per heavy atom. The lowest BCUT2D eigenvalue weighted by molar-refractivity contribution is 0.168. The highest BCUT2D eigenvalue weighted by Crippen LogP contribution is 2.26. The van der Waals surface area contributed by atoms with Crippen molar-refractivity contribution in [2.24, 2.45) is 0 Å². The van der Waals surface area contributed by atoms with Gasteiger partial charge in [-0.25, -0.2) is 14.8 Å². The predicted octanol–water partition coefficient (Wildman–Crippen LogP) is 3.56. The Hall–Kier alpha value is -3.09. The zero-order valence-corrected chi connectivity index (χ0v) is 17.4. The van der Waals surface area contributed by atoms with E-state index in [2.05, 4.69) is 63.3 Å². The highest BCUT2D eigenvalue weighted by Gasteiger charge is 2.29. The number of aromatic amines is 1. The molecule has 1 aromatic carbocycles. The number of nitrogens with one attached hydrogen (secondary N) is 2. The molecular formula is C22H28N6O. The first-order valence-corrected chi connectivity index (χ1v) is 10.1. The first-order chi connectivity index (χ1) is 13.9. The Bertz CT molecular complexity index is 1030. The summed E-state index contributed by atoms with van der Waals surface area (Å²) in [5.74, 6) is 0.930. The Kier molecular flexibility index (Phi) is 5.13. The summed E-state index contributed by atoms with van der Waals surface area (Å²) < 4.78 is 0. The van der Waals surface area contributed by atoms with Crippen molar-refractivity contribution in [3.63, 3.8) is 0 Å². The van der Waals surface area contributed by atoms with E-state index >= 15 is 0 Å². The van der Waals surface area contributed by atoms with Crippen LogP contribution in [0, 0.1) is 13.8 Å². The highest BCUT2D eigenvalue weighted by molar-refractivity contribution is 5.88. The third-order valence-electron chi connectivity index (χ3n) is 5.61. The number of H-pyrrole nitrogens is 1. The lowest BCUT2D eigenvalue weighted by Gasteiger charge is -2.40. The van der Waals surface area contributed by atoms with Crippen molar-refractivity contribution in [3.8, 4) is 0 Å². The first kappa shape index (κ1) is 19.2. The largest absolute Gasteiger partial charge is 0.352 e. The Labute approximate surface area is 171 Å². The average molecular weight is 393 g/mol. The number of carbonyl (C=O) groups is 1. The monoisotopic (exact) mass is 392 g/mol. The van der Waals surface area contributed by atoms with Crippen molar-refractivity contribution >= 4 is 22.9 Å². The number of aromatic nitrogens is 3. The SMILES string of the molecule is Cc1cccc([C@H](C)NC(=O)N2CCN(c3ncnc4[nH]c(C)cc34)C[C@H]2C)c1. The van der Waals surface area contributed by atoms with Crippen LogP contribution < -0.4 is 10.2 Å². The van der Waals surface area contributed by atoms with Crippen molar-refractivity contribution in [2.45, 2.75) is 39.8 Å². The minimum Gasteiger partial charge on any atom is -0.352 e. The number of hydrogen-bond acceptors (Lipinski definition) is 4. The van der Waals surface area contributed by atoms with Crippen LogP contribution in [0.3, 0.4) is 0 Å². The summed E-state index contributed by atoms with van der Waals surface area (Å²) in [5.41, 5.74) is 4.24. The van der Waals surface area contributed by atoms with E-state index in [0.717, 1.165) is 41.2 Å². The fourth-order valence-electron chi connectivity index (χ4n) is 4.05. The van der Waals surface area contributed by atoms with Gasteiger partial charge in [0.05, 0.1) is 11.4 Å². The Balaban J connectivity index is 1.44. The number of fused-ring (bicyclic) bond motifs is 1. The van der Waals surface area contributed by atoms with Gasteiger partial charge >= 0.3 is 6.03 Å². The predicted molar refractivity (Wildman–Crippen MR) is 115 cm³/mol. The van der Waals surface area contributed by atoms with Crippen LogP contribution in [0.15, 0.2) is 36.7 Å². The van der Waals surface area contributed by atoms with Crippen LogP contribution in [0.2, 0.25) is 0 Å². The minimum atomic E-state index is -0.0306. The summed E-state index contributed by atoms with van der Waals surface area (Å²) in [4.78, 5) is 29.2. The number of rotatable bonds is 3. The summed E-state index contributed by atoms with van der Waals surface area (Å²) in [6, 6.07) is 10.4. The van der Waals surface area contributed by atoms with Gasteiger partial charge < -0.3 is 20.1 Å². The number of anilines is 1. The molecule has 2 amide bonds. The number of benzene rings is 1. The molecule has 0 bridgehead atoms. The van der Waals surface area contributed by atoms with E-state index in [4.69, 9.17) is 0 Å². The van der Waals surface area contributed by atoms with Gasteiger partial charge in [0.25, 0.3) is 0 Å². The zero-order chi connectivity index (χ0) is 20.5. The van der Waals surface area contributed by atoms with E-state index in [1.54, 1.807) is 6.33 Å². The number of piperazine rings is 1. The number of urea groups is 1. The van der Waals surface area contributed by atoms with Crippen molar-refractivity contribution < 1.29 is 4.79 Å². The lowest BCUT2D eigenvalue weighted by Crippen LogP contribution is -2.57. The topological polar surface area (TPSA) is 77.2 Å². The molecule has 2 aromatic heterocycles. The highest BCUT2D eigenvalue weighted by atomic mass is 16.2. The second-order valence-electron chi connectivity index (χ2n) is 7.99. The molecule has 4 rings (SSSR count). The number of hydrogen-bond donors (Lipinski definition) is 2. The molecule has 3 aromatic rings. The van der Waals surface area contributed by atoms with Gasteiger partial charge in [0.1, 0.15) is 17.8 Å². The maximum absolute atomic E-state index is 12.9. The maximum Gasteiger partial charge on any atom is 0.318 e. The van der Waals surface area contributed by atoms with Crippen LogP contribution in [0.5, 0.6) is 0 Å². The van der Waals surface area contributed by atoms with Crippen molar-refractivity contribution in [1.29, 1.82) is 0 Å². The van der Waals surface area contributed by atoms with E-state index in [1.165, 1.54) is 5.56 Å². The number of aryl methyl sites for hydroxylation is 2. The normalized spacial score (nSPS) is 18.1. The van der Waals surface area contributed by atoms with Gasteiger partial charge in [0, 0.05) is 31.4 Å². The van der Waals surface area contributed by atoms with E-state index in [9.17, 15) is 4.79 Å². The fraction of sp³-hybridized carbons (Fsp3) is 0.409. The molecule has 2 atom stereocenters. The zero-order valence-electron chi connectivity index (χ0n) is 17.4. The van der Waals surface area contributed by atoms with E-state index in [0.29, 0.717) is 6.54 Å². The summed E-state index contributed by atoms with van der Waals surface area (Å²) in [6.45, 7) is 10.3. The van der Waals surface area contributed by atoms with E-state index in [1.807, 2.05) is 24.8 Å². The molecule has 3 heterocycles. The van der Waals surface area contributed by atoms with Gasteiger partial charge in [0.2, 0.25) is 0 Å². The fourth-order valence-corrected chi connectivity index (χ4v) is 4.05. The van der Waals surface area contributed by atoms with Crippen LogP contribution in [0.25, 0.3) is 11.0 Å². The number of carbonyl (C=O) groups excluding carboxylic acids is 1. The van der Waals surface area contributed by atoms with Gasteiger partial charge in [-0.2, -0.15) is 0 Å². The van der Waals surface area contributed by atoms with Gasteiger partial charge in [-0.05, 0) is 39.3 Å². The lowest BCUT2D eigenvalue weighted by atomic mass is 10.1. The van der Waals surface area contributed by atoms with Crippen molar-refractivity contribution in [3.05, 3.63) is 53.5 Å². The van der Waals surface area contributed by atoms with Crippen LogP contribution in [0.4, 0.5) is 10.6 Å². The summed E-state index contributed by atoms with van der Waals surface area (Å²) in [5, 5.41) is 4.18. The van der Waals surface area contributed by atoms with Crippen LogP contribution in [-0.2, 0) is 0 Å². The third kappa shape index (κ3) is 3.90. The molecule has 0 spiro atoms. The van der Waals surface area contributed by atoms with Crippen LogP contribution >= 0.6 is 0 Å². The molecule has 1 saturated heterocycles. The van der Waals surface area contributed by atoms with Crippen LogP contribution in [-0.4, -0.2) is 51.6 Å². The molecule has 0 aliphatic carbocycles. The van der Waals surface area contributed by atoms with Crippen molar-refractivity contribution in [2.75, 3.05) is 24.5 Å². The third-order valence-corrected chi connectivity index (χ3v) is 5.61. The van der Waals surface area contributed by atoms with Gasteiger partial charge in [-0.3, -0.25) is 0 Å². The molecule has 152 valence electrons. The molecule has 1 fully saturated rings. The summed E-state index contributed by atoms with van der Waals surface area (Å²) in [6.07, 6.45) is 1.60.